The quantitative estimate of drug-likeness (QED) is 0.613. The van der Waals surface area contributed by atoms with E-state index in [0.717, 1.165) is 21.0 Å². The van der Waals surface area contributed by atoms with Gasteiger partial charge in [0.25, 0.3) is 5.56 Å². The summed E-state index contributed by atoms with van der Waals surface area (Å²) >= 11 is 1.61. The lowest BCUT2D eigenvalue weighted by Gasteiger charge is -2.08. The number of nitrogens with zero attached hydrogens (tertiary/aromatic N) is 4. The molecule has 0 aliphatic rings. The Balaban J connectivity index is 2.09. The molecule has 0 radical (unpaired) electrons. The Labute approximate surface area is 162 Å². The van der Waals surface area contributed by atoms with E-state index >= 15 is 0 Å². The van der Waals surface area contributed by atoms with Crippen molar-refractivity contribution in [3.05, 3.63) is 62.8 Å². The highest BCUT2D eigenvalue weighted by molar-refractivity contribution is 7.99. The molecule has 2 heterocycles. The first kappa shape index (κ1) is 19.2. The van der Waals surface area contributed by atoms with Gasteiger partial charge in [-0.2, -0.15) is 0 Å². The fraction of sp³-hybridized carbons (Fsp3) is 0.350. The standard InChI is InChI=1S/C20H24N4O2S/c1-14(2)13-27-19-21-17-16(18(25)23(4)20(26)22(17)3)24(19)12-8-11-15-9-6-5-7-10-15/h5-11,14H,12-13H2,1-4H3/b11-8+. The number of hydrogen-bond acceptors (Lipinski definition) is 4. The molecule has 0 aliphatic heterocycles. The van der Waals surface area contributed by atoms with E-state index < -0.39 is 0 Å². The average molecular weight is 385 g/mol. The SMILES string of the molecule is CC(C)CSc1nc2c(c(=O)n(C)c(=O)n2C)n1C/C=C/c1ccccc1. The van der Waals surface area contributed by atoms with Crippen molar-refractivity contribution in [1.29, 1.82) is 0 Å². The molecule has 0 spiro atoms. The van der Waals surface area contributed by atoms with Crippen molar-refractivity contribution < 1.29 is 0 Å². The van der Waals surface area contributed by atoms with Crippen LogP contribution < -0.4 is 11.2 Å². The normalized spacial score (nSPS) is 11.9. The molecule has 0 amide bonds. The third-order valence-corrected chi connectivity index (χ3v) is 5.66. The van der Waals surface area contributed by atoms with Crippen LogP contribution in [0.5, 0.6) is 0 Å². The van der Waals surface area contributed by atoms with Gasteiger partial charge in [0.05, 0.1) is 0 Å². The molecule has 7 heteroatoms. The van der Waals surface area contributed by atoms with E-state index in [0.29, 0.717) is 23.6 Å². The summed E-state index contributed by atoms with van der Waals surface area (Å²) in [5.74, 6) is 1.38. The fourth-order valence-electron chi connectivity index (χ4n) is 2.81. The number of aryl methyl sites for hydroxylation is 1. The highest BCUT2D eigenvalue weighted by atomic mass is 32.2. The second-order valence-corrected chi connectivity index (χ2v) is 7.89. The number of fused-ring (bicyclic) bond motifs is 1. The van der Waals surface area contributed by atoms with Gasteiger partial charge in [0, 0.05) is 26.4 Å². The van der Waals surface area contributed by atoms with E-state index in [4.69, 9.17) is 0 Å². The van der Waals surface area contributed by atoms with Crippen molar-refractivity contribution in [3.63, 3.8) is 0 Å². The Bertz CT molecular complexity index is 1090. The zero-order valence-corrected chi connectivity index (χ0v) is 16.9. The minimum absolute atomic E-state index is 0.315. The van der Waals surface area contributed by atoms with Crippen LogP contribution in [0.4, 0.5) is 0 Å². The van der Waals surface area contributed by atoms with Crippen molar-refractivity contribution in [3.8, 4) is 0 Å². The number of benzene rings is 1. The summed E-state index contributed by atoms with van der Waals surface area (Å²) in [5.41, 5.74) is 1.31. The first-order valence-electron chi connectivity index (χ1n) is 8.90. The van der Waals surface area contributed by atoms with Gasteiger partial charge in [-0.1, -0.05) is 68.1 Å². The Hall–Kier alpha value is -2.54. The Kier molecular flexibility index (Phi) is 5.70. The summed E-state index contributed by atoms with van der Waals surface area (Å²) in [7, 11) is 3.15. The van der Waals surface area contributed by atoms with E-state index in [2.05, 4.69) is 18.8 Å². The van der Waals surface area contributed by atoms with E-state index in [1.54, 1.807) is 18.8 Å². The molecule has 0 saturated heterocycles. The fourth-order valence-corrected chi connectivity index (χ4v) is 3.76. The second kappa shape index (κ2) is 8.00. The molecule has 6 nitrogen and oxygen atoms in total. The van der Waals surface area contributed by atoms with Crippen molar-refractivity contribution in [2.75, 3.05) is 5.75 Å². The summed E-state index contributed by atoms with van der Waals surface area (Å²) in [5, 5.41) is 0.759. The number of thioether (sulfide) groups is 1. The molecule has 142 valence electrons. The average Bonchev–Trinajstić information content (AvgIpc) is 3.02. The first-order valence-corrected chi connectivity index (χ1v) is 9.89. The van der Waals surface area contributed by atoms with Gasteiger partial charge in [-0.3, -0.25) is 13.9 Å². The van der Waals surface area contributed by atoms with Gasteiger partial charge in [0.2, 0.25) is 0 Å². The Morgan fingerprint density at radius 1 is 1.11 bits per heavy atom. The predicted octanol–water partition coefficient (Wildman–Crippen LogP) is 2.90. The molecule has 3 rings (SSSR count). The van der Waals surface area contributed by atoms with Crippen LogP contribution in [0.2, 0.25) is 0 Å². The predicted molar refractivity (Wildman–Crippen MR) is 111 cm³/mol. The first-order chi connectivity index (χ1) is 12.9. The lowest BCUT2D eigenvalue weighted by Crippen LogP contribution is -2.37. The Morgan fingerprint density at radius 3 is 2.48 bits per heavy atom. The Morgan fingerprint density at radius 2 is 1.81 bits per heavy atom. The van der Waals surface area contributed by atoms with Crippen molar-refractivity contribution in [2.45, 2.75) is 25.5 Å². The number of imidazole rings is 1. The van der Waals surface area contributed by atoms with Crippen LogP contribution in [-0.2, 0) is 20.6 Å². The third kappa shape index (κ3) is 3.93. The highest BCUT2D eigenvalue weighted by Gasteiger charge is 2.18. The van der Waals surface area contributed by atoms with Crippen molar-refractivity contribution >= 4 is 29.0 Å². The molecule has 0 fully saturated rings. The van der Waals surface area contributed by atoms with Crippen LogP contribution in [0.15, 0.2) is 51.2 Å². The number of rotatable bonds is 6. The van der Waals surface area contributed by atoms with Gasteiger partial charge >= 0.3 is 5.69 Å². The van der Waals surface area contributed by atoms with Crippen LogP contribution in [0.25, 0.3) is 17.2 Å². The molecule has 0 atom stereocenters. The molecule has 0 aliphatic carbocycles. The number of hydrogen-bond donors (Lipinski definition) is 0. The molecular formula is C20H24N4O2S. The molecular weight excluding hydrogens is 360 g/mol. The smallest absolute Gasteiger partial charge is 0.309 e. The molecule has 2 aromatic heterocycles. The monoisotopic (exact) mass is 384 g/mol. The van der Waals surface area contributed by atoms with Gasteiger partial charge in [-0.05, 0) is 11.5 Å². The topological polar surface area (TPSA) is 61.8 Å². The highest BCUT2D eigenvalue weighted by Crippen LogP contribution is 2.23. The lowest BCUT2D eigenvalue weighted by atomic mass is 10.2. The molecule has 0 bridgehead atoms. The van der Waals surface area contributed by atoms with E-state index in [1.807, 2.05) is 47.1 Å². The molecule has 0 unspecified atom stereocenters. The zero-order valence-electron chi connectivity index (χ0n) is 16.0. The van der Waals surface area contributed by atoms with Crippen molar-refractivity contribution in [1.82, 2.24) is 18.7 Å². The van der Waals surface area contributed by atoms with Gasteiger partial charge in [-0.15, -0.1) is 0 Å². The summed E-state index contributed by atoms with van der Waals surface area (Å²) in [6, 6.07) is 10.0. The molecule has 0 saturated carbocycles. The van der Waals surface area contributed by atoms with Gasteiger partial charge in [-0.25, -0.2) is 9.78 Å². The maximum atomic E-state index is 12.8. The van der Waals surface area contributed by atoms with Gasteiger partial charge < -0.3 is 4.57 Å². The summed E-state index contributed by atoms with van der Waals surface area (Å²) in [6.07, 6.45) is 4.04. The summed E-state index contributed by atoms with van der Waals surface area (Å²) < 4.78 is 4.48. The van der Waals surface area contributed by atoms with Gasteiger partial charge in [0.15, 0.2) is 16.3 Å². The molecule has 27 heavy (non-hydrogen) atoms. The second-order valence-electron chi connectivity index (χ2n) is 6.90. The van der Waals surface area contributed by atoms with Crippen LogP contribution in [0.1, 0.15) is 19.4 Å². The van der Waals surface area contributed by atoms with Crippen LogP contribution in [0, 0.1) is 5.92 Å². The summed E-state index contributed by atoms with van der Waals surface area (Å²) in [6.45, 7) is 4.80. The van der Waals surface area contributed by atoms with Gasteiger partial charge in [0.1, 0.15) is 0 Å². The summed E-state index contributed by atoms with van der Waals surface area (Å²) in [4.78, 5) is 29.6. The minimum atomic E-state index is -0.364. The van der Waals surface area contributed by atoms with E-state index in [-0.39, 0.29) is 11.2 Å². The van der Waals surface area contributed by atoms with E-state index in [9.17, 15) is 9.59 Å². The molecule has 1 aromatic carbocycles. The van der Waals surface area contributed by atoms with Crippen LogP contribution >= 0.6 is 11.8 Å². The minimum Gasteiger partial charge on any atom is -0.309 e. The number of aromatic nitrogens is 4. The maximum Gasteiger partial charge on any atom is 0.332 e. The number of allylic oxidation sites excluding steroid dienone is 1. The zero-order chi connectivity index (χ0) is 19.6. The van der Waals surface area contributed by atoms with E-state index in [1.165, 1.54) is 11.6 Å². The molecule has 0 N–H and O–H groups in total. The van der Waals surface area contributed by atoms with Crippen molar-refractivity contribution in [2.24, 2.45) is 20.0 Å². The maximum absolute atomic E-state index is 12.8. The third-order valence-electron chi connectivity index (χ3n) is 4.26. The largest absolute Gasteiger partial charge is 0.332 e. The molecule has 3 aromatic rings. The van der Waals surface area contributed by atoms with Crippen LogP contribution in [-0.4, -0.2) is 24.4 Å². The van der Waals surface area contributed by atoms with Crippen LogP contribution in [0.3, 0.4) is 0 Å². The lowest BCUT2D eigenvalue weighted by molar-refractivity contribution is 0.699.